The highest BCUT2D eigenvalue weighted by Crippen LogP contribution is 2.25. The monoisotopic (exact) mass is 317 g/mol. The van der Waals surface area contributed by atoms with Crippen molar-refractivity contribution in [2.75, 3.05) is 34.2 Å². The Morgan fingerprint density at radius 2 is 1.90 bits per heavy atom. The van der Waals surface area contributed by atoms with Gasteiger partial charge in [0.25, 0.3) is 10.2 Å². The Balaban J connectivity index is 2.03. The van der Waals surface area contributed by atoms with Crippen molar-refractivity contribution in [3.8, 4) is 0 Å². The van der Waals surface area contributed by atoms with Crippen LogP contribution in [0.5, 0.6) is 0 Å². The second-order valence-corrected chi connectivity index (χ2v) is 8.19. The zero-order valence-electron chi connectivity index (χ0n) is 13.2. The number of piperidine rings is 1. The van der Waals surface area contributed by atoms with E-state index < -0.39 is 10.2 Å². The number of nitrogens with two attached hydrogens (primary N) is 1. The molecule has 122 valence electrons. The lowest BCUT2D eigenvalue weighted by atomic mass is 10.1. The Bertz CT molecular complexity index is 487. The van der Waals surface area contributed by atoms with Gasteiger partial charge in [0.1, 0.15) is 0 Å². The van der Waals surface area contributed by atoms with Crippen LogP contribution in [0.15, 0.2) is 4.99 Å². The molecule has 0 aromatic heterocycles. The van der Waals surface area contributed by atoms with E-state index in [1.165, 1.54) is 4.31 Å². The summed E-state index contributed by atoms with van der Waals surface area (Å²) in [7, 11) is 1.71. The van der Waals surface area contributed by atoms with Crippen LogP contribution >= 0.6 is 0 Å². The van der Waals surface area contributed by atoms with Crippen LogP contribution in [0, 0.1) is 0 Å². The van der Waals surface area contributed by atoms with Crippen molar-refractivity contribution in [2.45, 2.75) is 44.2 Å². The van der Waals surface area contributed by atoms with E-state index in [0.717, 1.165) is 32.1 Å². The van der Waals surface area contributed by atoms with E-state index in [4.69, 9.17) is 5.73 Å². The molecule has 2 rings (SSSR count). The first-order chi connectivity index (χ1) is 9.84. The SMILES string of the molecule is CN(C(N)=NCC1CCCCN1S(=O)(=O)N(C)C)C1CC1. The van der Waals surface area contributed by atoms with Crippen LogP contribution in [0.4, 0.5) is 0 Å². The van der Waals surface area contributed by atoms with Crippen LogP contribution in [-0.2, 0) is 10.2 Å². The molecule has 2 aliphatic rings. The Morgan fingerprint density at radius 3 is 2.48 bits per heavy atom. The maximum Gasteiger partial charge on any atom is 0.281 e. The topological polar surface area (TPSA) is 82.2 Å². The minimum absolute atomic E-state index is 0.0858. The van der Waals surface area contributed by atoms with Gasteiger partial charge in [0, 0.05) is 39.8 Å². The molecule has 0 radical (unpaired) electrons. The van der Waals surface area contributed by atoms with E-state index in [2.05, 4.69) is 4.99 Å². The Morgan fingerprint density at radius 1 is 1.24 bits per heavy atom. The van der Waals surface area contributed by atoms with Crippen LogP contribution in [0.2, 0.25) is 0 Å². The van der Waals surface area contributed by atoms with E-state index in [0.29, 0.717) is 25.1 Å². The van der Waals surface area contributed by atoms with Crippen molar-refractivity contribution in [1.29, 1.82) is 0 Å². The molecule has 0 spiro atoms. The fourth-order valence-electron chi connectivity index (χ4n) is 2.63. The summed E-state index contributed by atoms with van der Waals surface area (Å²) in [6.07, 6.45) is 5.12. The second-order valence-electron chi connectivity index (χ2n) is 6.09. The summed E-state index contributed by atoms with van der Waals surface area (Å²) in [5.41, 5.74) is 5.99. The molecule has 2 N–H and O–H groups in total. The highest BCUT2D eigenvalue weighted by Gasteiger charge is 2.34. The van der Waals surface area contributed by atoms with Crippen molar-refractivity contribution in [2.24, 2.45) is 10.7 Å². The van der Waals surface area contributed by atoms with Gasteiger partial charge in [-0.3, -0.25) is 4.99 Å². The molecule has 0 amide bonds. The van der Waals surface area contributed by atoms with E-state index in [1.807, 2.05) is 11.9 Å². The third-order valence-corrected chi connectivity index (χ3v) is 6.25. The molecule has 1 saturated carbocycles. The third-order valence-electron chi connectivity index (χ3n) is 4.25. The number of nitrogens with zero attached hydrogens (tertiary/aromatic N) is 4. The molecule has 1 atom stereocenters. The zero-order valence-corrected chi connectivity index (χ0v) is 14.0. The zero-order chi connectivity index (χ0) is 15.6. The minimum Gasteiger partial charge on any atom is -0.370 e. The van der Waals surface area contributed by atoms with E-state index in [-0.39, 0.29) is 6.04 Å². The van der Waals surface area contributed by atoms with Crippen LogP contribution in [0.25, 0.3) is 0 Å². The molecule has 21 heavy (non-hydrogen) atoms. The van der Waals surface area contributed by atoms with Crippen molar-refractivity contribution >= 4 is 16.2 Å². The van der Waals surface area contributed by atoms with Gasteiger partial charge in [-0.25, -0.2) is 0 Å². The van der Waals surface area contributed by atoms with Gasteiger partial charge >= 0.3 is 0 Å². The molecular formula is C13H27N5O2S. The van der Waals surface area contributed by atoms with Crippen LogP contribution in [0.1, 0.15) is 32.1 Å². The third kappa shape index (κ3) is 3.87. The lowest BCUT2D eigenvalue weighted by Gasteiger charge is -2.35. The number of hydrogen-bond acceptors (Lipinski definition) is 3. The molecule has 0 aromatic rings. The van der Waals surface area contributed by atoms with Crippen LogP contribution in [-0.4, -0.2) is 74.2 Å². The molecule has 1 saturated heterocycles. The van der Waals surface area contributed by atoms with Gasteiger partial charge in [0.15, 0.2) is 5.96 Å². The van der Waals surface area contributed by atoms with Gasteiger partial charge < -0.3 is 10.6 Å². The van der Waals surface area contributed by atoms with Gasteiger partial charge in [0.2, 0.25) is 0 Å². The normalized spacial score (nSPS) is 25.3. The Labute approximate surface area is 128 Å². The van der Waals surface area contributed by atoms with E-state index >= 15 is 0 Å². The van der Waals surface area contributed by atoms with Crippen molar-refractivity contribution in [1.82, 2.24) is 13.5 Å². The lowest BCUT2D eigenvalue weighted by molar-refractivity contribution is 0.244. The number of hydrogen-bond donors (Lipinski definition) is 1. The summed E-state index contributed by atoms with van der Waals surface area (Å²) < 4.78 is 27.6. The molecule has 7 nitrogen and oxygen atoms in total. The maximum atomic E-state index is 12.4. The van der Waals surface area contributed by atoms with E-state index in [1.54, 1.807) is 18.4 Å². The lowest BCUT2D eigenvalue weighted by Crippen LogP contribution is -2.50. The molecular weight excluding hydrogens is 290 g/mol. The largest absolute Gasteiger partial charge is 0.370 e. The first kappa shape index (κ1) is 16.5. The molecule has 1 aliphatic carbocycles. The molecule has 1 heterocycles. The van der Waals surface area contributed by atoms with Gasteiger partial charge in [-0.2, -0.15) is 17.0 Å². The van der Waals surface area contributed by atoms with Gasteiger partial charge in [-0.15, -0.1) is 0 Å². The first-order valence-corrected chi connectivity index (χ1v) is 8.95. The summed E-state index contributed by atoms with van der Waals surface area (Å²) in [5.74, 6) is 0.519. The molecule has 1 unspecified atom stereocenters. The van der Waals surface area contributed by atoms with Crippen molar-refractivity contribution < 1.29 is 8.42 Å². The quantitative estimate of drug-likeness (QED) is 0.574. The standard InChI is InChI=1S/C13H27N5O2S/c1-16(2)21(19,20)18-9-5-4-6-12(18)10-15-13(14)17(3)11-7-8-11/h11-12H,4-10H2,1-3H3,(H2,14,15). The summed E-state index contributed by atoms with van der Waals surface area (Å²) in [6, 6.07) is 0.430. The predicted molar refractivity (Wildman–Crippen MR) is 84.2 cm³/mol. The summed E-state index contributed by atoms with van der Waals surface area (Å²) in [4.78, 5) is 6.42. The van der Waals surface area contributed by atoms with Crippen LogP contribution in [0.3, 0.4) is 0 Å². The Kier molecular flexibility index (Phi) is 5.11. The van der Waals surface area contributed by atoms with Crippen LogP contribution < -0.4 is 5.73 Å². The second kappa shape index (κ2) is 6.50. The summed E-state index contributed by atoms with van der Waals surface area (Å²) in [5, 5.41) is 0. The van der Waals surface area contributed by atoms with Gasteiger partial charge in [0.05, 0.1) is 6.54 Å². The predicted octanol–water partition coefficient (Wildman–Crippen LogP) is 0.0562. The maximum absolute atomic E-state index is 12.4. The highest BCUT2D eigenvalue weighted by molar-refractivity contribution is 7.86. The smallest absolute Gasteiger partial charge is 0.281 e. The summed E-state index contributed by atoms with van der Waals surface area (Å²) >= 11 is 0. The number of rotatable bonds is 5. The Hall–Kier alpha value is -0.860. The summed E-state index contributed by atoms with van der Waals surface area (Å²) in [6.45, 7) is 1.01. The van der Waals surface area contributed by atoms with Crippen molar-refractivity contribution in [3.63, 3.8) is 0 Å². The molecule has 8 heteroatoms. The number of guanidine groups is 1. The molecule has 1 aliphatic heterocycles. The fraction of sp³-hybridized carbons (Fsp3) is 0.923. The molecule has 0 aromatic carbocycles. The molecule has 0 bridgehead atoms. The molecule has 2 fully saturated rings. The van der Waals surface area contributed by atoms with Gasteiger partial charge in [-0.1, -0.05) is 6.42 Å². The average Bonchev–Trinajstić information content (AvgIpc) is 3.28. The highest BCUT2D eigenvalue weighted by atomic mass is 32.2. The fourth-order valence-corrected chi connectivity index (χ4v) is 3.96. The number of aliphatic imine (C=N–C) groups is 1. The van der Waals surface area contributed by atoms with Gasteiger partial charge in [-0.05, 0) is 25.7 Å². The average molecular weight is 317 g/mol. The minimum atomic E-state index is -3.38. The van der Waals surface area contributed by atoms with E-state index in [9.17, 15) is 8.42 Å². The van der Waals surface area contributed by atoms with Crippen molar-refractivity contribution in [3.05, 3.63) is 0 Å². The first-order valence-electron chi connectivity index (χ1n) is 7.56.